The van der Waals surface area contributed by atoms with Crippen molar-refractivity contribution in [2.24, 2.45) is 0 Å². The van der Waals surface area contributed by atoms with Gasteiger partial charge in [0.15, 0.2) is 23.0 Å². The van der Waals surface area contributed by atoms with Crippen molar-refractivity contribution in [2.45, 2.75) is 20.4 Å². The molecule has 7 heteroatoms. The summed E-state index contributed by atoms with van der Waals surface area (Å²) in [7, 11) is 3.13. The number of benzene rings is 2. The molecule has 0 radical (unpaired) electrons. The highest BCUT2D eigenvalue weighted by atomic mass is 79.9. The molecule has 0 saturated heterocycles. The second-order valence-electron chi connectivity index (χ2n) is 5.52. The van der Waals surface area contributed by atoms with E-state index < -0.39 is 0 Å². The lowest BCUT2D eigenvalue weighted by molar-refractivity contribution is 0.0950. The Morgan fingerprint density at radius 3 is 2.30 bits per heavy atom. The van der Waals surface area contributed by atoms with Crippen LogP contribution in [0.1, 0.15) is 29.8 Å². The van der Waals surface area contributed by atoms with Crippen molar-refractivity contribution in [3.63, 3.8) is 0 Å². The number of nitrogens with one attached hydrogen (secondary N) is 1. The molecule has 2 rings (SSSR count). The van der Waals surface area contributed by atoms with E-state index in [0.717, 1.165) is 5.56 Å². The summed E-state index contributed by atoms with van der Waals surface area (Å²) in [4.78, 5) is 12.5. The zero-order chi connectivity index (χ0) is 19.8. The maximum Gasteiger partial charge on any atom is 0.251 e. The maximum absolute atomic E-state index is 12.5. The Bertz CT molecular complexity index is 794. The minimum atomic E-state index is -0.218. The second kappa shape index (κ2) is 10.1. The van der Waals surface area contributed by atoms with Gasteiger partial charge in [0.1, 0.15) is 0 Å². The number of ether oxygens (including phenoxy) is 4. The first-order valence-electron chi connectivity index (χ1n) is 8.62. The smallest absolute Gasteiger partial charge is 0.251 e. The van der Waals surface area contributed by atoms with Gasteiger partial charge in [0, 0.05) is 12.1 Å². The van der Waals surface area contributed by atoms with Crippen LogP contribution in [0.4, 0.5) is 0 Å². The van der Waals surface area contributed by atoms with E-state index in [1.165, 1.54) is 7.11 Å². The third-order valence-electron chi connectivity index (χ3n) is 3.76. The molecule has 146 valence electrons. The Hall–Kier alpha value is -2.41. The Morgan fingerprint density at radius 1 is 0.963 bits per heavy atom. The molecule has 0 atom stereocenters. The molecule has 0 aliphatic rings. The average Bonchev–Trinajstić information content (AvgIpc) is 2.68. The van der Waals surface area contributed by atoms with Crippen LogP contribution in [0.2, 0.25) is 0 Å². The number of rotatable bonds is 9. The predicted octanol–water partition coefficient (Wildman–Crippen LogP) is 4.19. The summed E-state index contributed by atoms with van der Waals surface area (Å²) >= 11 is 3.43. The Morgan fingerprint density at radius 2 is 1.67 bits per heavy atom. The van der Waals surface area contributed by atoms with Crippen molar-refractivity contribution in [1.82, 2.24) is 5.32 Å². The number of amides is 1. The summed E-state index contributed by atoms with van der Waals surface area (Å²) in [5, 5.41) is 2.90. The molecule has 0 unspecified atom stereocenters. The van der Waals surface area contributed by atoms with Crippen molar-refractivity contribution < 1.29 is 23.7 Å². The van der Waals surface area contributed by atoms with Gasteiger partial charge in [-0.05, 0) is 59.6 Å². The zero-order valence-corrected chi connectivity index (χ0v) is 17.5. The van der Waals surface area contributed by atoms with E-state index in [1.54, 1.807) is 19.2 Å². The molecule has 27 heavy (non-hydrogen) atoms. The Labute approximate surface area is 167 Å². The quantitative estimate of drug-likeness (QED) is 0.636. The van der Waals surface area contributed by atoms with Gasteiger partial charge in [-0.1, -0.05) is 6.07 Å². The second-order valence-corrected chi connectivity index (χ2v) is 6.38. The van der Waals surface area contributed by atoms with Crippen LogP contribution >= 0.6 is 15.9 Å². The summed E-state index contributed by atoms with van der Waals surface area (Å²) in [6.45, 7) is 5.21. The van der Waals surface area contributed by atoms with Crippen molar-refractivity contribution in [2.75, 3.05) is 27.4 Å². The first-order valence-corrected chi connectivity index (χ1v) is 9.41. The molecule has 0 heterocycles. The fourth-order valence-corrected chi connectivity index (χ4v) is 3.07. The molecule has 0 saturated carbocycles. The van der Waals surface area contributed by atoms with Crippen LogP contribution in [0.5, 0.6) is 23.0 Å². The average molecular weight is 438 g/mol. The number of carbonyl (C=O) groups is 1. The summed E-state index contributed by atoms with van der Waals surface area (Å²) in [6.07, 6.45) is 0. The number of halogens is 1. The van der Waals surface area contributed by atoms with Crippen molar-refractivity contribution in [3.8, 4) is 23.0 Å². The van der Waals surface area contributed by atoms with Gasteiger partial charge in [-0.25, -0.2) is 0 Å². The van der Waals surface area contributed by atoms with Gasteiger partial charge >= 0.3 is 0 Å². The van der Waals surface area contributed by atoms with Crippen LogP contribution in [-0.4, -0.2) is 33.3 Å². The van der Waals surface area contributed by atoms with Gasteiger partial charge in [0.25, 0.3) is 5.91 Å². The van der Waals surface area contributed by atoms with Crippen molar-refractivity contribution >= 4 is 21.8 Å². The first kappa shape index (κ1) is 20.9. The van der Waals surface area contributed by atoms with Crippen LogP contribution in [0.3, 0.4) is 0 Å². The molecule has 0 aliphatic heterocycles. The highest BCUT2D eigenvalue weighted by Crippen LogP contribution is 2.36. The SMILES string of the molecule is CCOc1ccc(CNC(=O)c2cc(Br)c(OCC)c(OC)c2)cc1OC. The summed E-state index contributed by atoms with van der Waals surface area (Å²) in [6, 6.07) is 8.94. The lowest BCUT2D eigenvalue weighted by Gasteiger charge is -2.14. The van der Waals surface area contributed by atoms with Crippen molar-refractivity contribution in [1.29, 1.82) is 0 Å². The number of hydrogen-bond acceptors (Lipinski definition) is 5. The third-order valence-corrected chi connectivity index (χ3v) is 4.35. The number of carbonyl (C=O) groups excluding carboxylic acids is 1. The summed E-state index contributed by atoms with van der Waals surface area (Å²) in [5.74, 6) is 2.17. The topological polar surface area (TPSA) is 66.0 Å². The molecule has 1 N–H and O–H groups in total. The van der Waals surface area contributed by atoms with E-state index >= 15 is 0 Å². The summed E-state index contributed by atoms with van der Waals surface area (Å²) < 4.78 is 22.4. The van der Waals surface area contributed by atoms with Crippen LogP contribution < -0.4 is 24.3 Å². The van der Waals surface area contributed by atoms with Gasteiger partial charge in [0.2, 0.25) is 0 Å². The normalized spacial score (nSPS) is 10.3. The van der Waals surface area contributed by atoms with E-state index in [0.29, 0.717) is 52.8 Å². The van der Waals surface area contributed by atoms with E-state index in [-0.39, 0.29) is 5.91 Å². The molecule has 0 bridgehead atoms. The molecule has 2 aromatic carbocycles. The molecule has 0 spiro atoms. The van der Waals surface area contributed by atoms with E-state index in [4.69, 9.17) is 18.9 Å². The first-order chi connectivity index (χ1) is 13.0. The van der Waals surface area contributed by atoms with Crippen LogP contribution in [0.15, 0.2) is 34.8 Å². The monoisotopic (exact) mass is 437 g/mol. The van der Waals surface area contributed by atoms with Gasteiger partial charge in [-0.2, -0.15) is 0 Å². The molecular formula is C20H24BrNO5. The van der Waals surface area contributed by atoms with Gasteiger partial charge in [-0.15, -0.1) is 0 Å². The predicted molar refractivity (Wildman–Crippen MR) is 107 cm³/mol. The third kappa shape index (κ3) is 5.29. The lowest BCUT2D eigenvalue weighted by atomic mass is 10.1. The standard InChI is InChI=1S/C20H24BrNO5/c1-5-26-16-8-7-13(9-17(16)24-3)12-22-20(23)14-10-15(21)19(27-6-2)18(11-14)25-4/h7-11H,5-6,12H2,1-4H3,(H,22,23). The fraction of sp³-hybridized carbons (Fsp3) is 0.350. The molecule has 6 nitrogen and oxygen atoms in total. The number of hydrogen-bond donors (Lipinski definition) is 1. The molecular weight excluding hydrogens is 414 g/mol. The molecule has 0 aromatic heterocycles. The zero-order valence-electron chi connectivity index (χ0n) is 15.9. The van der Waals surface area contributed by atoms with Gasteiger partial charge in [-0.3, -0.25) is 4.79 Å². The van der Waals surface area contributed by atoms with Gasteiger partial charge < -0.3 is 24.3 Å². The number of methoxy groups -OCH3 is 2. The Balaban J connectivity index is 2.13. The Kier molecular flexibility index (Phi) is 7.79. The maximum atomic E-state index is 12.5. The highest BCUT2D eigenvalue weighted by Gasteiger charge is 2.15. The lowest BCUT2D eigenvalue weighted by Crippen LogP contribution is -2.23. The van der Waals surface area contributed by atoms with Gasteiger partial charge in [0.05, 0.1) is 31.9 Å². The fourth-order valence-electron chi connectivity index (χ4n) is 2.52. The van der Waals surface area contributed by atoms with E-state index in [9.17, 15) is 4.79 Å². The summed E-state index contributed by atoms with van der Waals surface area (Å²) in [5.41, 5.74) is 1.38. The van der Waals surface area contributed by atoms with Crippen LogP contribution in [0.25, 0.3) is 0 Å². The molecule has 0 fully saturated rings. The highest BCUT2D eigenvalue weighted by molar-refractivity contribution is 9.10. The molecule has 1 amide bonds. The largest absolute Gasteiger partial charge is 0.493 e. The van der Waals surface area contributed by atoms with E-state index in [1.807, 2.05) is 32.0 Å². The van der Waals surface area contributed by atoms with Crippen LogP contribution in [-0.2, 0) is 6.54 Å². The molecule has 2 aromatic rings. The minimum Gasteiger partial charge on any atom is -0.493 e. The van der Waals surface area contributed by atoms with Crippen molar-refractivity contribution in [3.05, 3.63) is 45.9 Å². The van der Waals surface area contributed by atoms with Crippen LogP contribution in [0, 0.1) is 0 Å². The van der Waals surface area contributed by atoms with E-state index in [2.05, 4.69) is 21.2 Å². The minimum absolute atomic E-state index is 0.218. The molecule has 0 aliphatic carbocycles.